The van der Waals surface area contributed by atoms with Gasteiger partial charge in [-0.05, 0) is 30.0 Å². The Kier molecular flexibility index (Phi) is 1.94. The van der Waals surface area contributed by atoms with Crippen molar-refractivity contribution in [1.29, 1.82) is 5.26 Å². The van der Waals surface area contributed by atoms with E-state index < -0.39 is 0 Å². The second-order valence-electron chi connectivity index (χ2n) is 2.11. The highest BCUT2D eigenvalue weighted by molar-refractivity contribution is 8.03. The molecule has 0 spiro atoms. The average Bonchev–Trinajstić information content (AvgIpc) is 2.51. The first-order valence-electron chi connectivity index (χ1n) is 3.18. The summed E-state index contributed by atoms with van der Waals surface area (Å²) in [4.78, 5) is 0.915. The van der Waals surface area contributed by atoms with Crippen LogP contribution in [0.1, 0.15) is 0 Å². The summed E-state index contributed by atoms with van der Waals surface area (Å²) in [5.41, 5.74) is 1.75. The molecule has 58 valence electrons. The molecule has 3 nitrogen and oxygen atoms in total. The molecule has 12 heavy (non-hydrogen) atoms. The predicted molar refractivity (Wildman–Crippen MR) is 48.9 cm³/mol. The summed E-state index contributed by atoms with van der Waals surface area (Å²) >= 11 is 2.32. The molecule has 0 aliphatic heterocycles. The van der Waals surface area contributed by atoms with Crippen LogP contribution in [-0.2, 0) is 0 Å². The van der Waals surface area contributed by atoms with Crippen LogP contribution in [0.15, 0.2) is 23.1 Å². The monoisotopic (exact) mass is 193 g/mol. The fraction of sp³-hybridized carbons (Fsp3) is 0. The summed E-state index contributed by atoms with van der Waals surface area (Å²) < 4.78 is 8.13. The van der Waals surface area contributed by atoms with Gasteiger partial charge in [-0.1, -0.05) is 0 Å². The van der Waals surface area contributed by atoms with E-state index in [2.05, 4.69) is 8.75 Å². The first kappa shape index (κ1) is 7.53. The van der Waals surface area contributed by atoms with E-state index in [9.17, 15) is 0 Å². The summed E-state index contributed by atoms with van der Waals surface area (Å²) in [7, 11) is 0. The van der Waals surface area contributed by atoms with Gasteiger partial charge < -0.3 is 0 Å². The fourth-order valence-corrected chi connectivity index (χ4v) is 1.81. The molecular weight excluding hydrogens is 190 g/mol. The van der Waals surface area contributed by atoms with Crippen molar-refractivity contribution >= 4 is 34.5 Å². The van der Waals surface area contributed by atoms with Crippen LogP contribution in [0.2, 0.25) is 0 Å². The number of benzene rings is 1. The Labute approximate surface area is 77.4 Å². The van der Waals surface area contributed by atoms with Crippen LogP contribution in [0.5, 0.6) is 0 Å². The number of aromatic nitrogens is 2. The van der Waals surface area contributed by atoms with Crippen molar-refractivity contribution in [2.45, 2.75) is 4.90 Å². The molecule has 0 aliphatic rings. The Morgan fingerprint density at radius 2 is 2.17 bits per heavy atom. The van der Waals surface area contributed by atoms with Crippen molar-refractivity contribution in [2.24, 2.45) is 0 Å². The summed E-state index contributed by atoms with van der Waals surface area (Å²) in [6.45, 7) is 0. The maximum absolute atomic E-state index is 8.42. The third kappa shape index (κ3) is 1.26. The lowest BCUT2D eigenvalue weighted by Gasteiger charge is -1.90. The Balaban J connectivity index is 2.54. The molecule has 0 fully saturated rings. The Morgan fingerprint density at radius 3 is 3.00 bits per heavy atom. The quantitative estimate of drug-likeness (QED) is 0.515. The number of thiocyanates is 1. The highest BCUT2D eigenvalue weighted by Crippen LogP contribution is 2.21. The number of rotatable bonds is 1. The molecule has 0 aliphatic carbocycles. The minimum absolute atomic E-state index is 0.861. The molecule has 1 aromatic heterocycles. The van der Waals surface area contributed by atoms with Gasteiger partial charge in [0.1, 0.15) is 16.4 Å². The van der Waals surface area contributed by atoms with E-state index in [0.29, 0.717) is 0 Å². The maximum Gasteiger partial charge on any atom is 0.138 e. The van der Waals surface area contributed by atoms with Crippen LogP contribution in [-0.4, -0.2) is 8.75 Å². The molecule has 0 amide bonds. The average molecular weight is 193 g/mol. The topological polar surface area (TPSA) is 49.6 Å². The van der Waals surface area contributed by atoms with Gasteiger partial charge in [0.05, 0.1) is 11.7 Å². The predicted octanol–water partition coefficient (Wildman–Crippen LogP) is 2.26. The van der Waals surface area contributed by atoms with Crippen molar-refractivity contribution in [2.75, 3.05) is 0 Å². The molecule has 1 heterocycles. The van der Waals surface area contributed by atoms with Gasteiger partial charge in [0, 0.05) is 4.90 Å². The number of hydrogen-bond acceptors (Lipinski definition) is 5. The number of hydrogen-bond donors (Lipinski definition) is 0. The first-order valence-corrected chi connectivity index (χ1v) is 4.73. The molecule has 0 saturated carbocycles. The highest BCUT2D eigenvalue weighted by Gasteiger charge is 1.99. The summed E-state index contributed by atoms with van der Waals surface area (Å²) in [6.07, 6.45) is 0. The Hall–Kier alpha value is -1.12. The van der Waals surface area contributed by atoms with Crippen molar-refractivity contribution in [3.63, 3.8) is 0 Å². The second kappa shape index (κ2) is 3.09. The van der Waals surface area contributed by atoms with Gasteiger partial charge in [-0.25, -0.2) is 0 Å². The summed E-state index contributed by atoms with van der Waals surface area (Å²) in [5.74, 6) is 0. The van der Waals surface area contributed by atoms with Gasteiger partial charge in [0.15, 0.2) is 0 Å². The SMILES string of the molecule is N#CSc1ccc2nsnc2c1. The summed E-state index contributed by atoms with van der Waals surface area (Å²) in [6, 6.07) is 5.61. The van der Waals surface area contributed by atoms with E-state index in [1.165, 1.54) is 11.7 Å². The van der Waals surface area contributed by atoms with Crippen molar-refractivity contribution in [3.8, 4) is 5.40 Å². The van der Waals surface area contributed by atoms with Crippen molar-refractivity contribution in [3.05, 3.63) is 18.2 Å². The normalized spacial score (nSPS) is 9.92. The number of nitrogens with zero attached hydrogens (tertiary/aromatic N) is 3. The molecule has 0 N–H and O–H groups in total. The van der Waals surface area contributed by atoms with Crippen LogP contribution in [0.25, 0.3) is 11.0 Å². The van der Waals surface area contributed by atoms with Gasteiger partial charge in [-0.2, -0.15) is 14.0 Å². The molecular formula is C7H3N3S2. The molecule has 0 radical (unpaired) electrons. The maximum atomic E-state index is 8.42. The van der Waals surface area contributed by atoms with Crippen LogP contribution in [0, 0.1) is 10.7 Å². The minimum atomic E-state index is 0.861. The molecule has 5 heteroatoms. The lowest BCUT2D eigenvalue weighted by Crippen LogP contribution is -1.70. The smallest absolute Gasteiger partial charge is 0.138 e. The van der Waals surface area contributed by atoms with E-state index in [0.717, 1.165) is 27.7 Å². The van der Waals surface area contributed by atoms with E-state index in [1.807, 2.05) is 23.6 Å². The van der Waals surface area contributed by atoms with Crippen LogP contribution in [0.4, 0.5) is 0 Å². The van der Waals surface area contributed by atoms with E-state index in [4.69, 9.17) is 5.26 Å². The standard InChI is InChI=1S/C7H3N3S2/c8-4-11-5-1-2-6-7(3-5)10-12-9-6/h1-3H. The van der Waals surface area contributed by atoms with Crippen LogP contribution >= 0.6 is 23.5 Å². The van der Waals surface area contributed by atoms with Crippen molar-refractivity contribution in [1.82, 2.24) is 8.75 Å². The lowest BCUT2D eigenvalue weighted by molar-refractivity contribution is 1.48. The molecule has 2 aromatic rings. The molecule has 0 unspecified atom stereocenters. The zero-order valence-corrected chi connectivity index (χ0v) is 7.52. The van der Waals surface area contributed by atoms with Gasteiger partial charge in [0.2, 0.25) is 0 Å². The Morgan fingerprint density at radius 1 is 1.33 bits per heavy atom. The lowest BCUT2D eigenvalue weighted by atomic mass is 10.3. The number of fused-ring (bicyclic) bond motifs is 1. The minimum Gasteiger partial charge on any atom is -0.185 e. The third-order valence-electron chi connectivity index (χ3n) is 1.39. The number of thioether (sulfide) groups is 1. The molecule has 1 aromatic carbocycles. The fourth-order valence-electron chi connectivity index (χ4n) is 0.878. The Bertz CT molecular complexity index is 443. The van der Waals surface area contributed by atoms with Crippen LogP contribution in [0.3, 0.4) is 0 Å². The number of nitriles is 1. The van der Waals surface area contributed by atoms with Gasteiger partial charge in [-0.3, -0.25) is 0 Å². The van der Waals surface area contributed by atoms with Gasteiger partial charge >= 0.3 is 0 Å². The van der Waals surface area contributed by atoms with Gasteiger partial charge in [0.25, 0.3) is 0 Å². The molecule has 0 atom stereocenters. The molecule has 0 saturated heterocycles. The second-order valence-corrected chi connectivity index (χ2v) is 3.49. The molecule has 0 bridgehead atoms. The first-order chi connectivity index (χ1) is 5.90. The van der Waals surface area contributed by atoms with E-state index in [-0.39, 0.29) is 0 Å². The summed E-state index contributed by atoms with van der Waals surface area (Å²) in [5, 5.41) is 10.4. The van der Waals surface area contributed by atoms with E-state index >= 15 is 0 Å². The van der Waals surface area contributed by atoms with E-state index in [1.54, 1.807) is 0 Å². The highest BCUT2D eigenvalue weighted by atomic mass is 32.2. The largest absolute Gasteiger partial charge is 0.185 e. The molecule has 2 rings (SSSR count). The zero-order chi connectivity index (χ0) is 8.39. The third-order valence-corrected chi connectivity index (χ3v) is 2.53. The van der Waals surface area contributed by atoms with Gasteiger partial charge in [-0.15, -0.1) is 0 Å². The van der Waals surface area contributed by atoms with Crippen LogP contribution < -0.4 is 0 Å². The zero-order valence-electron chi connectivity index (χ0n) is 5.89. The van der Waals surface area contributed by atoms with Crippen molar-refractivity contribution < 1.29 is 0 Å².